The molecule has 0 N–H and O–H groups in total. The standard InChI is InChI=1S/C24H29FN4O2/c1-18(30)28-13-8-24(9-14-28,15-19-5-2-3-7-21(19)25)23(31)29-12-4-6-20(17-29)22-16-26-10-11-27-22/h2-3,5,7,10-11,16,20H,4,6,8-9,12-15,17H2,1H3. The highest BCUT2D eigenvalue weighted by molar-refractivity contribution is 5.84. The van der Waals surface area contributed by atoms with Crippen molar-refractivity contribution in [3.05, 3.63) is 59.9 Å². The first-order valence-electron chi connectivity index (χ1n) is 11.0. The summed E-state index contributed by atoms with van der Waals surface area (Å²) in [6, 6.07) is 6.69. The molecule has 0 saturated carbocycles. The molecule has 0 radical (unpaired) electrons. The van der Waals surface area contributed by atoms with Crippen molar-refractivity contribution in [2.24, 2.45) is 5.41 Å². The van der Waals surface area contributed by atoms with Gasteiger partial charge < -0.3 is 9.80 Å². The SMILES string of the molecule is CC(=O)N1CCC(Cc2ccccc2F)(C(=O)N2CCCC(c3cnccn3)C2)CC1. The van der Waals surface area contributed by atoms with Gasteiger partial charge in [-0.3, -0.25) is 19.6 Å². The van der Waals surface area contributed by atoms with Crippen LogP contribution in [0.2, 0.25) is 0 Å². The van der Waals surface area contributed by atoms with E-state index >= 15 is 0 Å². The minimum absolute atomic E-state index is 0.0210. The zero-order chi connectivity index (χ0) is 21.8. The van der Waals surface area contributed by atoms with Gasteiger partial charge in [0.05, 0.1) is 11.1 Å². The molecule has 0 aliphatic carbocycles. The van der Waals surface area contributed by atoms with Gasteiger partial charge in [0.1, 0.15) is 5.82 Å². The predicted octanol–water partition coefficient (Wildman–Crippen LogP) is 3.19. The maximum absolute atomic E-state index is 14.5. The van der Waals surface area contributed by atoms with Crippen molar-refractivity contribution in [3.63, 3.8) is 0 Å². The Morgan fingerprint density at radius 1 is 1.13 bits per heavy atom. The number of hydrogen-bond acceptors (Lipinski definition) is 4. The van der Waals surface area contributed by atoms with E-state index < -0.39 is 5.41 Å². The average Bonchev–Trinajstić information content (AvgIpc) is 2.81. The predicted molar refractivity (Wildman–Crippen MR) is 115 cm³/mol. The van der Waals surface area contributed by atoms with Crippen molar-refractivity contribution < 1.29 is 14.0 Å². The summed E-state index contributed by atoms with van der Waals surface area (Å²) in [4.78, 5) is 38.1. The van der Waals surface area contributed by atoms with E-state index in [9.17, 15) is 14.0 Å². The Bertz CT molecular complexity index is 928. The lowest BCUT2D eigenvalue weighted by Gasteiger charge is -2.45. The Kier molecular flexibility index (Phi) is 6.30. The molecule has 2 aliphatic heterocycles. The Hall–Kier alpha value is -2.83. The minimum atomic E-state index is -0.696. The van der Waals surface area contributed by atoms with Gasteiger partial charge in [0.25, 0.3) is 0 Å². The third-order valence-electron chi connectivity index (χ3n) is 6.82. The number of nitrogens with zero attached hydrogens (tertiary/aromatic N) is 4. The molecule has 2 fully saturated rings. The fourth-order valence-electron chi connectivity index (χ4n) is 4.98. The van der Waals surface area contributed by atoms with Crippen molar-refractivity contribution in [1.29, 1.82) is 0 Å². The van der Waals surface area contributed by atoms with Gasteiger partial charge in [0, 0.05) is 57.6 Å². The highest BCUT2D eigenvalue weighted by Gasteiger charge is 2.45. The van der Waals surface area contributed by atoms with Gasteiger partial charge in [0.2, 0.25) is 11.8 Å². The molecule has 1 atom stereocenters. The van der Waals surface area contributed by atoms with Crippen LogP contribution >= 0.6 is 0 Å². The Morgan fingerprint density at radius 3 is 2.58 bits per heavy atom. The Morgan fingerprint density at radius 2 is 1.90 bits per heavy atom. The number of carbonyl (C=O) groups is 2. The maximum Gasteiger partial charge on any atom is 0.229 e. The lowest BCUT2D eigenvalue weighted by molar-refractivity contribution is -0.149. The number of hydrogen-bond donors (Lipinski definition) is 0. The zero-order valence-corrected chi connectivity index (χ0v) is 18.0. The number of likely N-dealkylation sites (tertiary alicyclic amines) is 2. The molecule has 2 aromatic rings. The van der Waals surface area contributed by atoms with E-state index in [0.29, 0.717) is 51.0 Å². The summed E-state index contributed by atoms with van der Waals surface area (Å²) < 4.78 is 14.5. The molecule has 6 nitrogen and oxygen atoms in total. The summed E-state index contributed by atoms with van der Waals surface area (Å²) in [6.45, 7) is 3.91. The van der Waals surface area contributed by atoms with Crippen LogP contribution in [0, 0.1) is 11.2 Å². The molecule has 164 valence electrons. The van der Waals surface area contributed by atoms with Crippen molar-refractivity contribution >= 4 is 11.8 Å². The number of halogens is 1. The molecule has 31 heavy (non-hydrogen) atoms. The lowest BCUT2D eigenvalue weighted by Crippen LogP contribution is -2.54. The molecule has 4 rings (SSSR count). The lowest BCUT2D eigenvalue weighted by atomic mass is 9.72. The van der Waals surface area contributed by atoms with Gasteiger partial charge in [-0.15, -0.1) is 0 Å². The second kappa shape index (κ2) is 9.12. The number of amides is 2. The number of aromatic nitrogens is 2. The van der Waals surface area contributed by atoms with Crippen LogP contribution < -0.4 is 0 Å². The second-order valence-electron chi connectivity index (χ2n) is 8.78. The van der Waals surface area contributed by atoms with Crippen molar-refractivity contribution in [3.8, 4) is 0 Å². The number of benzene rings is 1. The quantitative estimate of drug-likeness (QED) is 0.756. The highest BCUT2D eigenvalue weighted by Crippen LogP contribution is 2.39. The first-order chi connectivity index (χ1) is 15.0. The third kappa shape index (κ3) is 4.60. The molecular formula is C24H29FN4O2. The van der Waals surface area contributed by atoms with E-state index in [4.69, 9.17) is 0 Å². The van der Waals surface area contributed by atoms with E-state index in [1.165, 1.54) is 6.07 Å². The summed E-state index contributed by atoms with van der Waals surface area (Å²) in [5, 5.41) is 0. The average molecular weight is 425 g/mol. The second-order valence-corrected chi connectivity index (χ2v) is 8.78. The van der Waals surface area contributed by atoms with Crippen LogP contribution in [0.15, 0.2) is 42.9 Å². The molecule has 0 spiro atoms. The molecule has 2 saturated heterocycles. The largest absolute Gasteiger partial charge is 0.343 e. The van der Waals surface area contributed by atoms with Crippen LogP contribution in [-0.4, -0.2) is 57.8 Å². The number of piperidine rings is 2. The summed E-state index contributed by atoms with van der Waals surface area (Å²) >= 11 is 0. The normalized spacial score (nSPS) is 21.0. The van der Waals surface area contributed by atoms with Gasteiger partial charge in [-0.2, -0.15) is 0 Å². The molecule has 2 aliphatic rings. The molecule has 1 aromatic carbocycles. The van der Waals surface area contributed by atoms with Crippen LogP contribution in [0.25, 0.3) is 0 Å². The number of rotatable bonds is 4. The molecule has 3 heterocycles. The Labute approximate surface area is 182 Å². The van der Waals surface area contributed by atoms with Crippen LogP contribution in [0.3, 0.4) is 0 Å². The summed E-state index contributed by atoms with van der Waals surface area (Å²) in [5.74, 6) is -0.0193. The third-order valence-corrected chi connectivity index (χ3v) is 6.82. The van der Waals surface area contributed by atoms with Crippen LogP contribution in [-0.2, 0) is 16.0 Å². The fraction of sp³-hybridized carbons (Fsp3) is 0.500. The fourth-order valence-corrected chi connectivity index (χ4v) is 4.98. The first kappa shape index (κ1) is 21.4. The van der Waals surface area contributed by atoms with E-state index in [1.54, 1.807) is 42.5 Å². The molecular weight excluding hydrogens is 395 g/mol. The maximum atomic E-state index is 14.5. The monoisotopic (exact) mass is 424 g/mol. The van der Waals surface area contributed by atoms with E-state index in [0.717, 1.165) is 18.5 Å². The summed E-state index contributed by atoms with van der Waals surface area (Å²) in [7, 11) is 0. The molecule has 1 aromatic heterocycles. The molecule has 1 unspecified atom stereocenters. The topological polar surface area (TPSA) is 66.4 Å². The van der Waals surface area contributed by atoms with Gasteiger partial charge in [-0.1, -0.05) is 18.2 Å². The van der Waals surface area contributed by atoms with Gasteiger partial charge in [0.15, 0.2) is 0 Å². The van der Waals surface area contributed by atoms with Crippen LogP contribution in [0.5, 0.6) is 0 Å². The molecule has 0 bridgehead atoms. The van der Waals surface area contributed by atoms with E-state index in [-0.39, 0.29) is 23.5 Å². The highest BCUT2D eigenvalue weighted by atomic mass is 19.1. The molecule has 7 heteroatoms. The van der Waals surface area contributed by atoms with Crippen molar-refractivity contribution in [2.75, 3.05) is 26.2 Å². The smallest absolute Gasteiger partial charge is 0.229 e. The molecule has 2 amide bonds. The number of carbonyl (C=O) groups excluding carboxylic acids is 2. The van der Waals surface area contributed by atoms with Gasteiger partial charge >= 0.3 is 0 Å². The first-order valence-corrected chi connectivity index (χ1v) is 11.0. The zero-order valence-electron chi connectivity index (χ0n) is 18.0. The van der Waals surface area contributed by atoms with Crippen LogP contribution in [0.4, 0.5) is 4.39 Å². The Balaban J connectivity index is 1.58. The van der Waals surface area contributed by atoms with Crippen LogP contribution in [0.1, 0.15) is 49.8 Å². The summed E-state index contributed by atoms with van der Waals surface area (Å²) in [5.41, 5.74) is 0.780. The minimum Gasteiger partial charge on any atom is -0.343 e. The van der Waals surface area contributed by atoms with Crippen molar-refractivity contribution in [1.82, 2.24) is 19.8 Å². The van der Waals surface area contributed by atoms with Gasteiger partial charge in [-0.25, -0.2) is 4.39 Å². The van der Waals surface area contributed by atoms with Gasteiger partial charge in [-0.05, 0) is 43.7 Å². The summed E-state index contributed by atoms with van der Waals surface area (Å²) in [6.07, 6.45) is 8.45. The van der Waals surface area contributed by atoms with E-state index in [2.05, 4.69) is 9.97 Å². The van der Waals surface area contributed by atoms with Crippen molar-refractivity contribution in [2.45, 2.75) is 44.9 Å². The van der Waals surface area contributed by atoms with E-state index in [1.807, 2.05) is 11.0 Å².